The number of aliphatic hydroxyl groups excluding tert-OH is 1. The molecule has 2 heterocycles. The molecule has 2 atom stereocenters. The van der Waals surface area contributed by atoms with Gasteiger partial charge < -0.3 is 35.5 Å². The van der Waals surface area contributed by atoms with Crippen molar-refractivity contribution in [2.75, 3.05) is 33.5 Å². The van der Waals surface area contributed by atoms with Crippen molar-refractivity contribution in [1.82, 2.24) is 10.3 Å². The van der Waals surface area contributed by atoms with Crippen LogP contribution in [0.2, 0.25) is 0 Å². The summed E-state index contributed by atoms with van der Waals surface area (Å²) in [7, 11) is 1.31. The van der Waals surface area contributed by atoms with Gasteiger partial charge in [0, 0.05) is 16.7 Å². The molecule has 1 amide bonds. The topological polar surface area (TPSA) is 136 Å². The van der Waals surface area contributed by atoms with E-state index in [2.05, 4.69) is 10.3 Å². The second kappa shape index (κ2) is 11.5. The quantitative estimate of drug-likeness (QED) is 0.269. The lowest BCUT2D eigenvalue weighted by Gasteiger charge is -2.31. The van der Waals surface area contributed by atoms with Crippen LogP contribution >= 0.6 is 0 Å². The van der Waals surface area contributed by atoms with Crippen LogP contribution in [0.3, 0.4) is 0 Å². The highest BCUT2D eigenvalue weighted by molar-refractivity contribution is 5.95. The van der Waals surface area contributed by atoms with Crippen LogP contribution in [0.1, 0.15) is 35.0 Å². The zero-order chi connectivity index (χ0) is 30.0. The Bertz CT molecular complexity index is 1420. The van der Waals surface area contributed by atoms with Crippen molar-refractivity contribution in [2.24, 2.45) is 5.73 Å². The maximum absolute atomic E-state index is 14.5. The summed E-state index contributed by atoms with van der Waals surface area (Å²) in [6.07, 6.45) is -4.99. The molecular weight excluding hydrogens is 550 g/mol. The van der Waals surface area contributed by atoms with E-state index in [4.69, 9.17) is 25.1 Å². The Morgan fingerprint density at radius 2 is 1.88 bits per heavy atom. The second-order valence-electron chi connectivity index (χ2n) is 9.52. The predicted molar refractivity (Wildman–Crippen MR) is 139 cm³/mol. The molecule has 13 heteroatoms. The van der Waals surface area contributed by atoms with Crippen LogP contribution in [-0.2, 0) is 11.1 Å². The Morgan fingerprint density at radius 1 is 1.17 bits per heavy atom. The molecule has 41 heavy (non-hydrogen) atoms. The Balaban J connectivity index is 1.73. The Kier molecular flexibility index (Phi) is 8.43. The van der Waals surface area contributed by atoms with E-state index in [1.165, 1.54) is 37.4 Å². The number of hydrogen-bond acceptors (Lipinski definition) is 8. The number of methoxy groups -OCH3 is 1. The molecule has 0 radical (unpaired) electrons. The molecule has 9 nitrogen and oxygen atoms in total. The number of carbonyl (C=O) groups excluding carboxylic acids is 1. The summed E-state index contributed by atoms with van der Waals surface area (Å²) >= 11 is 0. The first-order valence-electron chi connectivity index (χ1n) is 12.6. The molecule has 2 aromatic carbocycles. The smallest absolute Gasteiger partial charge is 0.424 e. The van der Waals surface area contributed by atoms with Gasteiger partial charge in [-0.05, 0) is 55.0 Å². The third-order valence-corrected chi connectivity index (χ3v) is 6.90. The van der Waals surface area contributed by atoms with Gasteiger partial charge in [-0.2, -0.15) is 13.2 Å². The fourth-order valence-electron chi connectivity index (χ4n) is 4.37. The number of amides is 1. The van der Waals surface area contributed by atoms with Gasteiger partial charge in [-0.15, -0.1) is 0 Å². The molecule has 1 aliphatic rings. The minimum atomic E-state index is -5.29. The van der Waals surface area contributed by atoms with Gasteiger partial charge in [0.25, 0.3) is 5.91 Å². The van der Waals surface area contributed by atoms with Gasteiger partial charge in [0.05, 0.1) is 31.5 Å². The first-order valence-corrected chi connectivity index (χ1v) is 12.6. The van der Waals surface area contributed by atoms with Gasteiger partial charge in [0.15, 0.2) is 17.2 Å². The van der Waals surface area contributed by atoms with Crippen molar-refractivity contribution < 1.29 is 46.8 Å². The number of nitrogens with two attached hydrogens (primary N) is 1. The first-order chi connectivity index (χ1) is 19.4. The summed E-state index contributed by atoms with van der Waals surface area (Å²) in [4.78, 5) is 17.0. The lowest BCUT2D eigenvalue weighted by atomic mass is 9.86. The highest BCUT2D eigenvalue weighted by Crippen LogP contribution is 2.47. The highest BCUT2D eigenvalue weighted by atomic mass is 19.4. The van der Waals surface area contributed by atoms with Crippen LogP contribution in [0, 0.1) is 5.82 Å². The van der Waals surface area contributed by atoms with Gasteiger partial charge >= 0.3 is 6.18 Å². The normalized spacial score (nSPS) is 17.8. The Morgan fingerprint density at radius 3 is 2.49 bits per heavy atom. The van der Waals surface area contributed by atoms with Crippen LogP contribution in [-0.4, -0.2) is 60.8 Å². The van der Waals surface area contributed by atoms with Gasteiger partial charge in [-0.25, -0.2) is 9.37 Å². The third-order valence-electron chi connectivity index (χ3n) is 6.90. The predicted octanol–water partition coefficient (Wildman–Crippen LogP) is 3.40. The number of nitrogens with zero attached hydrogens (tertiary/aromatic N) is 1. The molecule has 1 aromatic heterocycles. The van der Waals surface area contributed by atoms with E-state index < -0.39 is 41.3 Å². The number of rotatable bonds is 10. The van der Waals surface area contributed by atoms with E-state index in [9.17, 15) is 27.5 Å². The minimum Gasteiger partial charge on any atom is -0.493 e. The summed E-state index contributed by atoms with van der Waals surface area (Å²) in [6.45, 7) is 0.0948. The van der Waals surface area contributed by atoms with E-state index in [0.29, 0.717) is 6.42 Å². The SMILES string of the molecule is CC[C@@]1(N)COc2c1cc([C@](O)(CNC(=O)c1ccc(OCCO)c(OC)c1)C(F)(F)F)nc2-c1ccc(F)cc1. The van der Waals surface area contributed by atoms with Crippen molar-refractivity contribution >= 4 is 5.91 Å². The van der Waals surface area contributed by atoms with Crippen LogP contribution < -0.4 is 25.3 Å². The number of pyridine rings is 1. The molecule has 1 aliphatic heterocycles. The van der Waals surface area contributed by atoms with Crippen LogP contribution in [0.25, 0.3) is 11.3 Å². The summed E-state index contributed by atoms with van der Waals surface area (Å²) in [5.74, 6) is -1.05. The van der Waals surface area contributed by atoms with E-state index in [0.717, 1.165) is 18.2 Å². The lowest BCUT2D eigenvalue weighted by Crippen LogP contribution is -2.51. The van der Waals surface area contributed by atoms with Gasteiger partial charge in [0.1, 0.15) is 24.7 Å². The summed E-state index contributed by atoms with van der Waals surface area (Å²) < 4.78 is 73.4. The standard InChI is InChI=1S/C28H29F4N3O6/c1-3-26(33)15-41-24-19(26)13-22(35-23(24)16-4-7-18(29)8-5-16)27(38,28(30,31)32)14-34-25(37)17-6-9-20(40-11-10-36)21(12-17)39-2/h4-9,12-13,36,38H,3,10-11,14-15,33H2,1-2H3,(H,34,37)/t26-,27-/m1/s1. The van der Waals surface area contributed by atoms with Crippen molar-refractivity contribution in [1.29, 1.82) is 0 Å². The number of benzene rings is 2. The number of halogens is 4. The lowest BCUT2D eigenvalue weighted by molar-refractivity contribution is -0.265. The van der Waals surface area contributed by atoms with Gasteiger partial charge in [0.2, 0.25) is 5.60 Å². The number of carbonyl (C=O) groups is 1. The van der Waals surface area contributed by atoms with E-state index in [1.807, 2.05) is 0 Å². The summed E-state index contributed by atoms with van der Waals surface area (Å²) in [6, 6.07) is 9.81. The minimum absolute atomic E-state index is 0.0403. The van der Waals surface area contributed by atoms with Gasteiger partial charge in [-0.3, -0.25) is 4.79 Å². The maximum atomic E-state index is 14.5. The first kappa shape index (κ1) is 30.0. The summed E-state index contributed by atoms with van der Waals surface area (Å²) in [5.41, 5.74) is 1.13. The number of alkyl halides is 3. The molecule has 5 N–H and O–H groups in total. The molecule has 0 fully saturated rings. The second-order valence-corrected chi connectivity index (χ2v) is 9.52. The van der Waals surface area contributed by atoms with Crippen LogP contribution in [0.15, 0.2) is 48.5 Å². The van der Waals surface area contributed by atoms with E-state index in [-0.39, 0.29) is 59.5 Å². The Labute approximate surface area is 232 Å². The third kappa shape index (κ3) is 5.78. The van der Waals surface area contributed by atoms with E-state index in [1.54, 1.807) is 6.92 Å². The molecule has 0 bridgehead atoms. The Hall–Kier alpha value is -3.94. The van der Waals surface area contributed by atoms with Gasteiger partial charge in [-0.1, -0.05) is 6.92 Å². The number of fused-ring (bicyclic) bond motifs is 1. The molecule has 0 spiro atoms. The summed E-state index contributed by atoms with van der Waals surface area (Å²) in [5, 5.41) is 22.2. The molecular formula is C28H29F4N3O6. The fourth-order valence-corrected chi connectivity index (χ4v) is 4.37. The highest BCUT2D eigenvalue weighted by Gasteiger charge is 2.57. The number of aromatic nitrogens is 1. The number of hydrogen-bond donors (Lipinski definition) is 4. The molecule has 4 rings (SSSR count). The number of ether oxygens (including phenoxy) is 3. The molecule has 3 aromatic rings. The zero-order valence-electron chi connectivity index (χ0n) is 22.2. The van der Waals surface area contributed by atoms with Crippen LogP contribution in [0.5, 0.6) is 17.2 Å². The van der Waals surface area contributed by atoms with Crippen LogP contribution in [0.4, 0.5) is 17.6 Å². The van der Waals surface area contributed by atoms with Crippen molar-refractivity contribution in [3.63, 3.8) is 0 Å². The average molecular weight is 580 g/mol. The fraction of sp³-hybridized carbons (Fsp3) is 0.357. The number of nitrogens with one attached hydrogen (secondary N) is 1. The molecule has 220 valence electrons. The molecule has 0 saturated carbocycles. The van der Waals surface area contributed by atoms with Crippen molar-refractivity contribution in [2.45, 2.75) is 30.7 Å². The zero-order valence-corrected chi connectivity index (χ0v) is 22.2. The van der Waals surface area contributed by atoms with Crippen molar-refractivity contribution in [3.05, 3.63) is 71.2 Å². The largest absolute Gasteiger partial charge is 0.493 e. The van der Waals surface area contributed by atoms with Crippen molar-refractivity contribution in [3.8, 4) is 28.5 Å². The van der Waals surface area contributed by atoms with E-state index >= 15 is 0 Å². The molecule has 0 unspecified atom stereocenters. The monoisotopic (exact) mass is 579 g/mol. The maximum Gasteiger partial charge on any atom is 0.424 e. The average Bonchev–Trinajstić information content (AvgIpc) is 3.30. The molecule has 0 aliphatic carbocycles. The number of aliphatic hydroxyl groups is 2. The molecule has 0 saturated heterocycles.